The maximum Gasteiger partial charge on any atom is 0.271 e. The Bertz CT molecular complexity index is 1340. The average Bonchev–Trinajstić information content (AvgIpc) is 3.10. The second kappa shape index (κ2) is 8.85. The molecule has 162 valence electrons. The van der Waals surface area contributed by atoms with Gasteiger partial charge in [0.2, 0.25) is 5.91 Å². The van der Waals surface area contributed by atoms with Crippen molar-refractivity contribution in [3.63, 3.8) is 0 Å². The summed E-state index contributed by atoms with van der Waals surface area (Å²) in [5.41, 5.74) is 15.1. The number of aryl methyl sites for hydroxylation is 1. The minimum Gasteiger partial charge on any atom is -0.398 e. The van der Waals surface area contributed by atoms with Crippen LogP contribution in [-0.2, 0) is 11.3 Å². The molecule has 0 bridgehead atoms. The molecule has 3 aromatic carbocycles. The first-order chi connectivity index (χ1) is 15.5. The summed E-state index contributed by atoms with van der Waals surface area (Å²) in [5, 5.41) is 5.14. The van der Waals surface area contributed by atoms with Crippen molar-refractivity contribution in [2.45, 2.75) is 19.9 Å². The van der Waals surface area contributed by atoms with E-state index in [4.69, 9.17) is 5.73 Å². The number of anilines is 2. The number of fused-ring (bicyclic) bond motifs is 3. The number of nitrogen functional groups attached to an aromatic ring is 1. The smallest absolute Gasteiger partial charge is 0.271 e. The molecule has 0 aliphatic rings. The first-order valence-corrected chi connectivity index (χ1v) is 10.4. The molecule has 0 aliphatic heterocycles. The molecule has 5 N–H and O–H groups in total. The number of para-hydroxylation sites is 2. The number of carbonyl (C=O) groups is 2. The number of nitrogens with zero attached hydrogens (tertiary/aromatic N) is 1. The van der Waals surface area contributed by atoms with E-state index in [-0.39, 0.29) is 12.3 Å². The molecule has 4 rings (SSSR count). The van der Waals surface area contributed by atoms with Gasteiger partial charge in [0.1, 0.15) is 0 Å². The molecule has 2 amide bonds. The molecule has 1 heterocycles. The summed E-state index contributed by atoms with van der Waals surface area (Å²) in [6.45, 7) is 6.79. The van der Waals surface area contributed by atoms with Crippen LogP contribution in [0.25, 0.3) is 21.8 Å². The number of hydrazine groups is 1. The molecule has 0 unspecified atom stereocenters. The van der Waals surface area contributed by atoms with Crippen molar-refractivity contribution < 1.29 is 9.59 Å². The molecule has 1 aromatic heterocycles. The number of carbonyl (C=O) groups excluding carboxylic acids is 2. The van der Waals surface area contributed by atoms with Crippen molar-refractivity contribution in [1.29, 1.82) is 0 Å². The number of nitrogens with two attached hydrogens (primary N) is 1. The molecule has 0 aliphatic carbocycles. The number of amides is 2. The van der Waals surface area contributed by atoms with Gasteiger partial charge in [0, 0.05) is 45.4 Å². The first kappa shape index (κ1) is 21.0. The van der Waals surface area contributed by atoms with Gasteiger partial charge in [-0.1, -0.05) is 36.9 Å². The van der Waals surface area contributed by atoms with Gasteiger partial charge >= 0.3 is 0 Å². The van der Waals surface area contributed by atoms with Gasteiger partial charge in [0.25, 0.3) is 5.91 Å². The van der Waals surface area contributed by atoms with E-state index in [1.54, 1.807) is 24.3 Å². The molecule has 0 spiro atoms. The molecule has 0 radical (unpaired) electrons. The fourth-order valence-corrected chi connectivity index (χ4v) is 3.83. The predicted molar refractivity (Wildman–Crippen MR) is 129 cm³/mol. The Morgan fingerprint density at radius 1 is 0.938 bits per heavy atom. The highest BCUT2D eigenvalue weighted by molar-refractivity contribution is 6.09. The third kappa shape index (κ3) is 4.13. The fraction of sp³-hybridized carbons (Fsp3) is 0.120. The molecule has 0 atom stereocenters. The van der Waals surface area contributed by atoms with Crippen LogP contribution in [0, 0.1) is 0 Å². The molecule has 32 heavy (non-hydrogen) atoms. The summed E-state index contributed by atoms with van der Waals surface area (Å²) in [6.07, 6.45) is -0.000686. The van der Waals surface area contributed by atoms with Gasteiger partial charge < -0.3 is 21.0 Å². The van der Waals surface area contributed by atoms with E-state index in [2.05, 4.69) is 46.4 Å². The highest BCUT2D eigenvalue weighted by atomic mass is 16.2. The zero-order chi connectivity index (χ0) is 22.7. The van der Waals surface area contributed by atoms with E-state index in [1.165, 1.54) is 5.52 Å². The lowest BCUT2D eigenvalue weighted by Gasteiger charge is -2.12. The van der Waals surface area contributed by atoms with E-state index in [9.17, 15) is 9.59 Å². The van der Waals surface area contributed by atoms with Crippen molar-refractivity contribution in [2.24, 2.45) is 0 Å². The van der Waals surface area contributed by atoms with Gasteiger partial charge in [-0.15, -0.1) is 0 Å². The zero-order valence-electron chi connectivity index (χ0n) is 17.8. The van der Waals surface area contributed by atoms with E-state index in [1.807, 2.05) is 30.3 Å². The molecule has 4 aromatic rings. The minimum atomic E-state index is -0.401. The topological polar surface area (TPSA) is 101 Å². The number of rotatable bonds is 7. The van der Waals surface area contributed by atoms with E-state index in [0.717, 1.165) is 22.8 Å². The summed E-state index contributed by atoms with van der Waals surface area (Å²) in [5.74, 6) is -0.642. The van der Waals surface area contributed by atoms with Crippen LogP contribution >= 0.6 is 0 Å². The van der Waals surface area contributed by atoms with Gasteiger partial charge in [-0.05, 0) is 43.3 Å². The molecule has 0 saturated heterocycles. The van der Waals surface area contributed by atoms with Crippen molar-refractivity contribution in [1.82, 2.24) is 15.4 Å². The van der Waals surface area contributed by atoms with Crippen LogP contribution in [0.15, 0.2) is 79.0 Å². The molecule has 7 nitrogen and oxygen atoms in total. The largest absolute Gasteiger partial charge is 0.398 e. The summed E-state index contributed by atoms with van der Waals surface area (Å²) in [6, 6.07) is 20.9. The van der Waals surface area contributed by atoms with Crippen molar-refractivity contribution in [3.8, 4) is 0 Å². The average molecular weight is 428 g/mol. The van der Waals surface area contributed by atoms with E-state index in [0.29, 0.717) is 22.6 Å². The Morgan fingerprint density at radius 2 is 1.66 bits per heavy atom. The normalized spacial score (nSPS) is 10.8. The SMILES string of the molecule is C=C(CC(=O)Nc1ccc2c(c1)c1ccccc1n2CC)NNC(=O)c1ccccc1N. The first-order valence-electron chi connectivity index (χ1n) is 10.4. The van der Waals surface area contributed by atoms with Gasteiger partial charge in [-0.3, -0.25) is 15.0 Å². The standard InChI is InChI=1S/C25H25N5O2/c1-3-30-22-11-7-5-8-18(22)20-15-17(12-13-23(20)30)27-24(31)14-16(2)28-29-25(32)19-9-4-6-10-21(19)26/h4-13,15,28H,2-3,14,26H2,1H3,(H,27,31)(H,29,32). The monoisotopic (exact) mass is 427 g/mol. The summed E-state index contributed by atoms with van der Waals surface area (Å²) in [7, 11) is 0. The molecule has 0 fully saturated rings. The highest BCUT2D eigenvalue weighted by Gasteiger charge is 2.12. The minimum absolute atomic E-state index is 0.000686. The van der Waals surface area contributed by atoms with Crippen LogP contribution in [0.3, 0.4) is 0 Å². The summed E-state index contributed by atoms with van der Waals surface area (Å²) < 4.78 is 2.25. The zero-order valence-corrected chi connectivity index (χ0v) is 17.8. The lowest BCUT2D eigenvalue weighted by Crippen LogP contribution is -2.37. The van der Waals surface area contributed by atoms with Gasteiger partial charge in [-0.2, -0.15) is 0 Å². The van der Waals surface area contributed by atoms with Gasteiger partial charge in [0.15, 0.2) is 0 Å². The Morgan fingerprint density at radius 3 is 2.44 bits per heavy atom. The third-order valence-electron chi connectivity index (χ3n) is 5.30. The van der Waals surface area contributed by atoms with Crippen molar-refractivity contribution >= 4 is 45.0 Å². The van der Waals surface area contributed by atoms with E-state index < -0.39 is 5.91 Å². The Balaban J connectivity index is 1.40. The number of aromatic nitrogens is 1. The van der Waals surface area contributed by atoms with Crippen LogP contribution in [-0.4, -0.2) is 16.4 Å². The van der Waals surface area contributed by atoms with Crippen LogP contribution in [0.1, 0.15) is 23.7 Å². The maximum atomic E-state index is 12.5. The number of benzene rings is 3. The number of hydrogen-bond donors (Lipinski definition) is 4. The second-order valence-electron chi connectivity index (χ2n) is 7.49. The second-order valence-corrected chi connectivity index (χ2v) is 7.49. The Labute approximate surface area is 185 Å². The van der Waals surface area contributed by atoms with Crippen LogP contribution in [0.5, 0.6) is 0 Å². The highest BCUT2D eigenvalue weighted by Crippen LogP contribution is 2.31. The summed E-state index contributed by atoms with van der Waals surface area (Å²) >= 11 is 0. The lowest BCUT2D eigenvalue weighted by molar-refractivity contribution is -0.115. The Hall–Kier alpha value is -4.26. The quantitative estimate of drug-likeness (QED) is 0.263. The molecule has 0 saturated carbocycles. The van der Waals surface area contributed by atoms with Crippen LogP contribution in [0.2, 0.25) is 0 Å². The van der Waals surface area contributed by atoms with E-state index >= 15 is 0 Å². The van der Waals surface area contributed by atoms with Crippen LogP contribution < -0.4 is 21.9 Å². The predicted octanol–water partition coefficient (Wildman–Crippen LogP) is 4.17. The number of hydrogen-bond acceptors (Lipinski definition) is 4. The number of nitrogens with one attached hydrogen (secondary N) is 3. The van der Waals surface area contributed by atoms with Gasteiger partial charge in [-0.25, -0.2) is 0 Å². The Kier molecular flexibility index (Phi) is 5.81. The van der Waals surface area contributed by atoms with Crippen LogP contribution in [0.4, 0.5) is 11.4 Å². The molecular formula is C25H25N5O2. The van der Waals surface area contributed by atoms with Gasteiger partial charge in [0.05, 0.1) is 12.0 Å². The summed E-state index contributed by atoms with van der Waals surface area (Å²) in [4.78, 5) is 24.7. The third-order valence-corrected chi connectivity index (χ3v) is 5.30. The van der Waals surface area contributed by atoms with Crippen molar-refractivity contribution in [2.75, 3.05) is 11.1 Å². The fourth-order valence-electron chi connectivity index (χ4n) is 3.83. The van der Waals surface area contributed by atoms with Crippen molar-refractivity contribution in [3.05, 3.63) is 84.6 Å². The molecule has 7 heteroatoms. The maximum absolute atomic E-state index is 12.5. The molecular weight excluding hydrogens is 402 g/mol. The lowest BCUT2D eigenvalue weighted by atomic mass is 10.1.